The quantitative estimate of drug-likeness (QED) is 0.492. The number of ketones is 2. The smallest absolute Gasteiger partial charge is 0.177 e. The van der Waals surface area contributed by atoms with E-state index in [-0.39, 0.29) is 17.5 Å². The summed E-state index contributed by atoms with van der Waals surface area (Å²) in [5, 5.41) is 0. The van der Waals surface area contributed by atoms with Gasteiger partial charge in [0.25, 0.3) is 0 Å². The molecule has 3 aromatic rings. The van der Waals surface area contributed by atoms with Gasteiger partial charge in [0, 0.05) is 17.0 Å². The average molecular weight is 326 g/mol. The van der Waals surface area contributed by atoms with Crippen LogP contribution in [0.25, 0.3) is 0 Å². The normalized spacial score (nSPS) is 17.7. The second-order valence-electron chi connectivity index (χ2n) is 6.53. The van der Waals surface area contributed by atoms with Crippen molar-refractivity contribution in [3.05, 3.63) is 108 Å². The minimum atomic E-state index is -0.982. The van der Waals surface area contributed by atoms with Crippen molar-refractivity contribution in [2.24, 2.45) is 5.41 Å². The molecule has 0 radical (unpaired) electrons. The van der Waals surface area contributed by atoms with E-state index < -0.39 is 5.41 Å². The fourth-order valence-electron chi connectivity index (χ4n) is 3.65. The minimum absolute atomic E-state index is 0.0610. The lowest BCUT2D eigenvalue weighted by Crippen LogP contribution is -2.28. The van der Waals surface area contributed by atoms with E-state index in [1.54, 1.807) is 24.3 Å². The molecule has 0 heterocycles. The summed E-state index contributed by atoms with van der Waals surface area (Å²) in [5.74, 6) is -0.208. The molecule has 0 spiro atoms. The molecule has 0 aromatic heterocycles. The highest BCUT2D eigenvalue weighted by Gasteiger charge is 2.65. The zero-order chi connectivity index (χ0) is 17.3. The summed E-state index contributed by atoms with van der Waals surface area (Å²) >= 11 is 0. The first-order valence-electron chi connectivity index (χ1n) is 8.48. The van der Waals surface area contributed by atoms with E-state index in [9.17, 15) is 9.59 Å². The van der Waals surface area contributed by atoms with Gasteiger partial charge < -0.3 is 0 Å². The Hall–Kier alpha value is -3.00. The van der Waals surface area contributed by atoms with Crippen molar-refractivity contribution in [3.63, 3.8) is 0 Å². The van der Waals surface area contributed by atoms with Crippen LogP contribution in [-0.4, -0.2) is 11.6 Å². The molecule has 1 saturated carbocycles. The van der Waals surface area contributed by atoms with Crippen molar-refractivity contribution in [2.45, 2.75) is 12.3 Å². The number of carbonyl (C=O) groups is 2. The highest BCUT2D eigenvalue weighted by atomic mass is 16.2. The van der Waals surface area contributed by atoms with Gasteiger partial charge in [0.2, 0.25) is 0 Å². The molecular formula is C23H18O2. The van der Waals surface area contributed by atoms with Gasteiger partial charge in [0.1, 0.15) is 5.41 Å². The Bertz CT molecular complexity index is 847. The molecule has 0 bridgehead atoms. The number of Topliss-reactive ketones (excluding diaryl/α,β-unsaturated/α-hetero) is 2. The maximum absolute atomic E-state index is 13.3. The van der Waals surface area contributed by atoms with Gasteiger partial charge >= 0.3 is 0 Å². The molecule has 2 heteroatoms. The Morgan fingerprint density at radius 2 is 1.04 bits per heavy atom. The lowest BCUT2D eigenvalue weighted by Gasteiger charge is -2.16. The second kappa shape index (κ2) is 6.14. The molecule has 0 aliphatic heterocycles. The third kappa shape index (κ3) is 2.60. The first kappa shape index (κ1) is 15.5. The van der Waals surface area contributed by atoms with Crippen LogP contribution in [0.1, 0.15) is 38.6 Å². The Balaban J connectivity index is 1.78. The van der Waals surface area contributed by atoms with E-state index in [1.807, 2.05) is 66.7 Å². The Kier molecular flexibility index (Phi) is 3.81. The Morgan fingerprint density at radius 3 is 1.48 bits per heavy atom. The van der Waals surface area contributed by atoms with Gasteiger partial charge in [-0.2, -0.15) is 0 Å². The minimum Gasteiger partial charge on any atom is -0.293 e. The van der Waals surface area contributed by atoms with Crippen molar-refractivity contribution in [2.75, 3.05) is 0 Å². The molecule has 0 saturated heterocycles. The van der Waals surface area contributed by atoms with Crippen LogP contribution in [0.15, 0.2) is 91.0 Å². The monoisotopic (exact) mass is 326 g/mol. The second-order valence-corrected chi connectivity index (χ2v) is 6.53. The zero-order valence-corrected chi connectivity index (χ0v) is 13.8. The van der Waals surface area contributed by atoms with Crippen molar-refractivity contribution in [1.82, 2.24) is 0 Å². The molecular weight excluding hydrogens is 308 g/mol. The van der Waals surface area contributed by atoms with Gasteiger partial charge in [-0.3, -0.25) is 9.59 Å². The first-order valence-corrected chi connectivity index (χ1v) is 8.48. The third-order valence-electron chi connectivity index (χ3n) is 5.05. The third-order valence-corrected chi connectivity index (χ3v) is 5.05. The zero-order valence-electron chi connectivity index (χ0n) is 13.8. The summed E-state index contributed by atoms with van der Waals surface area (Å²) < 4.78 is 0. The van der Waals surface area contributed by atoms with Gasteiger partial charge in [0.05, 0.1) is 0 Å². The van der Waals surface area contributed by atoms with Gasteiger partial charge in [-0.1, -0.05) is 91.0 Å². The molecule has 1 fully saturated rings. The lowest BCUT2D eigenvalue weighted by molar-refractivity contribution is 0.0776. The van der Waals surface area contributed by atoms with Crippen LogP contribution in [0, 0.1) is 5.41 Å². The highest BCUT2D eigenvalue weighted by Crippen LogP contribution is 2.62. The van der Waals surface area contributed by atoms with Crippen LogP contribution in [0.4, 0.5) is 0 Å². The first-order chi connectivity index (χ1) is 12.2. The van der Waals surface area contributed by atoms with E-state index >= 15 is 0 Å². The topological polar surface area (TPSA) is 34.1 Å². The molecule has 1 atom stereocenters. The van der Waals surface area contributed by atoms with E-state index in [4.69, 9.17) is 0 Å². The molecule has 4 rings (SSSR count). The van der Waals surface area contributed by atoms with Gasteiger partial charge in [-0.05, 0) is 12.0 Å². The molecule has 0 amide bonds. The number of rotatable bonds is 5. The number of hydrogen-bond acceptors (Lipinski definition) is 2. The average Bonchev–Trinajstić information content (AvgIpc) is 3.46. The van der Waals surface area contributed by atoms with Crippen LogP contribution < -0.4 is 0 Å². The maximum Gasteiger partial charge on any atom is 0.177 e. The van der Waals surface area contributed by atoms with E-state index in [0.717, 1.165) is 5.56 Å². The molecule has 122 valence electrons. The summed E-state index contributed by atoms with van der Waals surface area (Å²) in [6.07, 6.45) is 0.568. The highest BCUT2D eigenvalue weighted by molar-refractivity contribution is 6.23. The van der Waals surface area contributed by atoms with Crippen molar-refractivity contribution >= 4 is 11.6 Å². The van der Waals surface area contributed by atoms with Gasteiger partial charge in [0.15, 0.2) is 11.6 Å². The number of benzene rings is 3. The van der Waals surface area contributed by atoms with Crippen molar-refractivity contribution < 1.29 is 9.59 Å². The summed E-state index contributed by atoms with van der Waals surface area (Å²) in [6.45, 7) is 0. The standard InChI is InChI=1S/C23H18O2/c24-21(18-12-6-2-7-13-18)23(22(25)19-14-8-3-9-15-19)16-20(23)17-10-4-1-5-11-17/h1-15,20H,16H2. The molecule has 2 nitrogen and oxygen atoms in total. The summed E-state index contributed by atoms with van der Waals surface area (Å²) in [5.41, 5.74) is 1.27. The van der Waals surface area contributed by atoms with Gasteiger partial charge in [-0.25, -0.2) is 0 Å². The van der Waals surface area contributed by atoms with Crippen LogP contribution in [-0.2, 0) is 0 Å². The molecule has 0 N–H and O–H groups in total. The molecule has 25 heavy (non-hydrogen) atoms. The van der Waals surface area contributed by atoms with Crippen LogP contribution in [0.5, 0.6) is 0 Å². The maximum atomic E-state index is 13.3. The Labute approximate surface area is 147 Å². The summed E-state index contributed by atoms with van der Waals surface area (Å²) in [6, 6.07) is 28.2. The SMILES string of the molecule is O=C(c1ccccc1)C1(C(=O)c2ccccc2)CC1c1ccccc1. The lowest BCUT2D eigenvalue weighted by atomic mass is 9.83. The summed E-state index contributed by atoms with van der Waals surface area (Å²) in [4.78, 5) is 26.6. The van der Waals surface area contributed by atoms with Crippen molar-refractivity contribution in [1.29, 1.82) is 0 Å². The fraction of sp³-hybridized carbons (Fsp3) is 0.130. The molecule has 1 unspecified atom stereocenters. The molecule has 1 aliphatic carbocycles. The molecule has 1 aliphatic rings. The Morgan fingerprint density at radius 1 is 0.640 bits per heavy atom. The van der Waals surface area contributed by atoms with E-state index in [1.165, 1.54) is 0 Å². The van der Waals surface area contributed by atoms with Crippen LogP contribution >= 0.6 is 0 Å². The van der Waals surface area contributed by atoms with Crippen molar-refractivity contribution in [3.8, 4) is 0 Å². The van der Waals surface area contributed by atoms with E-state index in [2.05, 4.69) is 0 Å². The predicted molar refractivity (Wildman–Crippen MR) is 97.8 cm³/mol. The number of hydrogen-bond donors (Lipinski definition) is 0. The predicted octanol–water partition coefficient (Wildman–Crippen LogP) is 4.93. The summed E-state index contributed by atoms with van der Waals surface area (Å²) in [7, 11) is 0. The van der Waals surface area contributed by atoms with E-state index in [0.29, 0.717) is 17.5 Å². The van der Waals surface area contributed by atoms with Gasteiger partial charge in [-0.15, -0.1) is 0 Å². The van der Waals surface area contributed by atoms with Crippen LogP contribution in [0.2, 0.25) is 0 Å². The molecule has 3 aromatic carbocycles. The van der Waals surface area contributed by atoms with Crippen LogP contribution in [0.3, 0.4) is 0 Å². The largest absolute Gasteiger partial charge is 0.293 e. The fourth-order valence-corrected chi connectivity index (χ4v) is 3.65. The number of carbonyl (C=O) groups excluding carboxylic acids is 2.